The van der Waals surface area contributed by atoms with E-state index >= 15 is 0 Å². The lowest BCUT2D eigenvalue weighted by Crippen LogP contribution is -2.50. The summed E-state index contributed by atoms with van der Waals surface area (Å²) in [4.78, 5) is 39.3. The van der Waals surface area contributed by atoms with Crippen LogP contribution in [0.2, 0.25) is 0 Å². The van der Waals surface area contributed by atoms with Gasteiger partial charge in [-0.05, 0) is 62.2 Å². The lowest BCUT2D eigenvalue weighted by atomic mass is 10.0. The first kappa shape index (κ1) is 26.9. The summed E-state index contributed by atoms with van der Waals surface area (Å²) in [7, 11) is 0. The number of amides is 2. The third-order valence-electron chi connectivity index (χ3n) is 7.72. The Balaban J connectivity index is 1.05. The molecule has 2 aromatic heterocycles. The zero-order valence-electron chi connectivity index (χ0n) is 22.6. The number of rotatable bonds is 8. The highest BCUT2D eigenvalue weighted by Crippen LogP contribution is 2.20. The van der Waals surface area contributed by atoms with Gasteiger partial charge in [0.15, 0.2) is 0 Å². The van der Waals surface area contributed by atoms with E-state index in [0.717, 1.165) is 39.1 Å². The SMILES string of the molecule is CC1CCCCN1Cc1ccc(C(=O)Nc2ccc(OC(=O)N3CCN(CCc4ccc[nH]4)CC3)nc2)cc1. The third-order valence-corrected chi connectivity index (χ3v) is 7.72. The van der Waals surface area contributed by atoms with E-state index in [4.69, 9.17) is 4.74 Å². The van der Waals surface area contributed by atoms with Crippen LogP contribution in [0.15, 0.2) is 60.9 Å². The molecule has 5 rings (SSSR count). The van der Waals surface area contributed by atoms with Crippen LogP contribution in [-0.4, -0.2) is 82.0 Å². The average Bonchev–Trinajstić information content (AvgIpc) is 3.49. The summed E-state index contributed by atoms with van der Waals surface area (Å²) in [6, 6.07) is 15.8. The number of piperidine rings is 1. The zero-order chi connectivity index (χ0) is 27.0. The van der Waals surface area contributed by atoms with Gasteiger partial charge in [-0.3, -0.25) is 14.6 Å². The zero-order valence-corrected chi connectivity index (χ0v) is 22.6. The van der Waals surface area contributed by atoms with Crippen LogP contribution >= 0.6 is 0 Å². The minimum atomic E-state index is -0.401. The molecule has 2 aliphatic heterocycles. The number of nitrogens with one attached hydrogen (secondary N) is 2. The molecule has 9 nitrogen and oxygen atoms in total. The van der Waals surface area contributed by atoms with Crippen molar-refractivity contribution in [1.29, 1.82) is 0 Å². The van der Waals surface area contributed by atoms with Crippen molar-refractivity contribution in [1.82, 2.24) is 24.7 Å². The number of carbonyl (C=O) groups excluding carboxylic acids is 2. The Bertz CT molecular complexity index is 1200. The van der Waals surface area contributed by atoms with Gasteiger partial charge >= 0.3 is 6.09 Å². The monoisotopic (exact) mass is 530 g/mol. The molecule has 2 N–H and O–H groups in total. The second-order valence-corrected chi connectivity index (χ2v) is 10.5. The van der Waals surface area contributed by atoms with Crippen LogP contribution in [0.1, 0.15) is 47.8 Å². The highest BCUT2D eigenvalue weighted by molar-refractivity contribution is 6.04. The summed E-state index contributed by atoms with van der Waals surface area (Å²) < 4.78 is 5.47. The number of aromatic nitrogens is 2. The summed E-state index contributed by atoms with van der Waals surface area (Å²) in [5.41, 5.74) is 3.57. The molecule has 0 bridgehead atoms. The number of H-pyrrole nitrogens is 1. The fourth-order valence-electron chi connectivity index (χ4n) is 5.22. The van der Waals surface area contributed by atoms with Crippen molar-refractivity contribution in [3.8, 4) is 5.88 Å². The van der Waals surface area contributed by atoms with E-state index in [2.05, 4.69) is 38.1 Å². The molecule has 2 aliphatic rings. The Morgan fingerprint density at radius 3 is 2.54 bits per heavy atom. The molecule has 0 aliphatic carbocycles. The lowest BCUT2D eigenvalue weighted by Gasteiger charge is -2.33. The topological polar surface area (TPSA) is 93.8 Å². The van der Waals surface area contributed by atoms with Gasteiger partial charge in [0.1, 0.15) is 0 Å². The number of ether oxygens (including phenoxy) is 1. The normalized spacial score (nSPS) is 18.6. The molecule has 2 saturated heterocycles. The number of hydrogen-bond acceptors (Lipinski definition) is 6. The highest BCUT2D eigenvalue weighted by Gasteiger charge is 2.23. The second-order valence-electron chi connectivity index (χ2n) is 10.5. The maximum absolute atomic E-state index is 12.7. The largest absolute Gasteiger partial charge is 0.416 e. The van der Waals surface area contributed by atoms with E-state index in [1.54, 1.807) is 17.0 Å². The minimum Gasteiger partial charge on any atom is -0.391 e. The van der Waals surface area contributed by atoms with Gasteiger partial charge in [0.2, 0.25) is 5.88 Å². The first-order valence-electron chi connectivity index (χ1n) is 14.0. The van der Waals surface area contributed by atoms with Crippen LogP contribution < -0.4 is 10.1 Å². The fourth-order valence-corrected chi connectivity index (χ4v) is 5.22. The van der Waals surface area contributed by atoms with Gasteiger partial charge in [-0.2, -0.15) is 0 Å². The standard InChI is InChI=1S/C30H38N6O3/c1-23-5-2-3-15-36(23)22-24-7-9-25(10-8-24)29(37)33-27-11-12-28(32-21-27)39-30(38)35-19-17-34(18-20-35)16-13-26-6-4-14-31-26/h4,6-12,14,21,23,31H,2-3,5,13,15-20,22H2,1H3,(H,33,37). The maximum Gasteiger partial charge on any atom is 0.416 e. The van der Waals surface area contributed by atoms with Gasteiger partial charge in [-0.15, -0.1) is 0 Å². The van der Waals surface area contributed by atoms with E-state index in [1.807, 2.05) is 36.5 Å². The summed E-state index contributed by atoms with van der Waals surface area (Å²) in [6.07, 6.45) is 7.82. The van der Waals surface area contributed by atoms with Crippen molar-refractivity contribution in [2.75, 3.05) is 44.6 Å². The molecular formula is C30H38N6O3. The molecule has 4 heterocycles. The summed E-state index contributed by atoms with van der Waals surface area (Å²) in [6.45, 7) is 8.15. The number of carbonyl (C=O) groups is 2. The molecule has 1 aromatic carbocycles. The van der Waals surface area contributed by atoms with Crippen molar-refractivity contribution in [3.05, 3.63) is 77.7 Å². The van der Waals surface area contributed by atoms with Crippen LogP contribution in [0.5, 0.6) is 5.88 Å². The average molecular weight is 531 g/mol. The maximum atomic E-state index is 12.7. The molecule has 39 heavy (non-hydrogen) atoms. The Labute approximate surface area is 230 Å². The lowest BCUT2D eigenvalue weighted by molar-refractivity contribution is 0.102. The van der Waals surface area contributed by atoms with Crippen LogP contribution in [0.3, 0.4) is 0 Å². The van der Waals surface area contributed by atoms with Crippen molar-refractivity contribution < 1.29 is 14.3 Å². The van der Waals surface area contributed by atoms with Gasteiger partial charge in [0.05, 0.1) is 11.9 Å². The molecule has 1 atom stereocenters. The molecule has 0 saturated carbocycles. The minimum absolute atomic E-state index is 0.200. The highest BCUT2D eigenvalue weighted by atomic mass is 16.6. The molecule has 206 valence electrons. The van der Waals surface area contributed by atoms with Gasteiger partial charge in [0.25, 0.3) is 5.91 Å². The van der Waals surface area contributed by atoms with Gasteiger partial charge in [-0.1, -0.05) is 18.6 Å². The van der Waals surface area contributed by atoms with E-state index in [1.165, 1.54) is 36.7 Å². The first-order chi connectivity index (χ1) is 19.0. The summed E-state index contributed by atoms with van der Waals surface area (Å²) in [5.74, 6) is 0.0111. The number of anilines is 1. The summed E-state index contributed by atoms with van der Waals surface area (Å²) in [5, 5.41) is 2.87. The van der Waals surface area contributed by atoms with E-state index in [-0.39, 0.29) is 11.8 Å². The van der Waals surface area contributed by atoms with Crippen molar-refractivity contribution in [2.45, 2.75) is 45.2 Å². The first-order valence-corrected chi connectivity index (χ1v) is 14.0. The van der Waals surface area contributed by atoms with Crippen LogP contribution in [0.25, 0.3) is 0 Å². The smallest absolute Gasteiger partial charge is 0.391 e. The number of nitrogens with zero attached hydrogens (tertiary/aromatic N) is 4. The Morgan fingerprint density at radius 2 is 1.85 bits per heavy atom. The quantitative estimate of drug-likeness (QED) is 0.449. The summed E-state index contributed by atoms with van der Waals surface area (Å²) >= 11 is 0. The molecule has 9 heteroatoms. The van der Waals surface area contributed by atoms with Crippen molar-refractivity contribution in [2.24, 2.45) is 0 Å². The third kappa shape index (κ3) is 7.46. The molecule has 1 unspecified atom stereocenters. The van der Waals surface area contributed by atoms with Gasteiger partial charge in [0, 0.05) is 75.3 Å². The molecule has 2 fully saturated rings. The fraction of sp³-hybridized carbons (Fsp3) is 0.433. The second kappa shape index (κ2) is 12.9. The number of likely N-dealkylation sites (tertiary alicyclic amines) is 1. The van der Waals surface area contributed by atoms with Gasteiger partial charge in [-0.25, -0.2) is 9.78 Å². The van der Waals surface area contributed by atoms with Crippen LogP contribution in [-0.2, 0) is 13.0 Å². The molecule has 2 amide bonds. The molecular weight excluding hydrogens is 492 g/mol. The van der Waals surface area contributed by atoms with Crippen molar-refractivity contribution >= 4 is 17.7 Å². The van der Waals surface area contributed by atoms with E-state index in [9.17, 15) is 9.59 Å². The van der Waals surface area contributed by atoms with Crippen LogP contribution in [0, 0.1) is 0 Å². The molecule has 0 radical (unpaired) electrons. The van der Waals surface area contributed by atoms with Crippen molar-refractivity contribution in [3.63, 3.8) is 0 Å². The Kier molecular flexibility index (Phi) is 8.90. The van der Waals surface area contributed by atoms with Gasteiger partial charge < -0.3 is 19.9 Å². The number of hydrogen-bond donors (Lipinski definition) is 2. The molecule has 3 aromatic rings. The predicted octanol–water partition coefficient (Wildman–Crippen LogP) is 4.40. The van der Waals surface area contributed by atoms with E-state index < -0.39 is 6.09 Å². The number of aromatic amines is 1. The number of benzene rings is 1. The Morgan fingerprint density at radius 1 is 1.03 bits per heavy atom. The Hall–Kier alpha value is -3.69. The number of piperazine rings is 1. The molecule has 0 spiro atoms. The number of pyridine rings is 1. The van der Waals surface area contributed by atoms with Crippen LogP contribution in [0.4, 0.5) is 10.5 Å². The van der Waals surface area contributed by atoms with E-state index in [0.29, 0.717) is 30.4 Å². The predicted molar refractivity (Wildman–Crippen MR) is 151 cm³/mol.